The van der Waals surface area contributed by atoms with Crippen LogP contribution in [0.4, 0.5) is 0 Å². The summed E-state index contributed by atoms with van der Waals surface area (Å²) < 4.78 is 10.6. The van der Waals surface area contributed by atoms with Crippen LogP contribution in [0.25, 0.3) is 0 Å². The van der Waals surface area contributed by atoms with E-state index >= 15 is 0 Å². The standard InChI is InChI=1S/C25H34O3.C14H14O4/c1-2-3-4-5-6-7-8-9-10-14-19-28-22-17-18-23(24(26)20-22)25(27)21-15-12-11-13-16-21;1-18-11-7-8-12(14(16,17)9-11)13(15)10-5-3-2-4-6-10/h11-13,15-18,20,26H,2-10,14,19H2,1H3;2-9,12,16-17H,1H3. The summed E-state index contributed by atoms with van der Waals surface area (Å²) in [5, 5.41) is 30.0. The zero-order chi connectivity index (χ0) is 33.2. The van der Waals surface area contributed by atoms with Gasteiger partial charge in [0, 0.05) is 23.3 Å². The van der Waals surface area contributed by atoms with Crippen LogP contribution in [0.1, 0.15) is 97.4 Å². The number of hydrogen-bond donors (Lipinski definition) is 3. The summed E-state index contributed by atoms with van der Waals surface area (Å²) in [6.07, 6.45) is 17.0. The molecule has 3 aromatic carbocycles. The van der Waals surface area contributed by atoms with Gasteiger partial charge < -0.3 is 24.8 Å². The van der Waals surface area contributed by atoms with Crippen LogP contribution in [0.3, 0.4) is 0 Å². The van der Waals surface area contributed by atoms with Crippen molar-refractivity contribution in [2.45, 2.75) is 76.9 Å². The van der Waals surface area contributed by atoms with Crippen LogP contribution in [0.15, 0.2) is 103 Å². The Hall–Kier alpha value is -4.20. The van der Waals surface area contributed by atoms with E-state index in [1.807, 2.05) is 18.2 Å². The van der Waals surface area contributed by atoms with E-state index in [2.05, 4.69) is 6.92 Å². The maximum atomic E-state index is 12.4. The van der Waals surface area contributed by atoms with Crippen molar-refractivity contribution in [2.24, 2.45) is 5.92 Å². The fraction of sp³-hybridized carbons (Fsp3) is 0.385. The first-order chi connectivity index (χ1) is 22.3. The van der Waals surface area contributed by atoms with Crippen molar-refractivity contribution in [1.29, 1.82) is 0 Å². The second-order valence-corrected chi connectivity index (χ2v) is 11.5. The molecule has 0 aromatic heterocycles. The molecule has 1 atom stereocenters. The van der Waals surface area contributed by atoms with Gasteiger partial charge in [-0.15, -0.1) is 0 Å². The lowest BCUT2D eigenvalue weighted by molar-refractivity contribution is -0.139. The highest BCUT2D eigenvalue weighted by Gasteiger charge is 2.39. The predicted molar refractivity (Wildman–Crippen MR) is 181 cm³/mol. The molecule has 4 rings (SSSR count). The fourth-order valence-electron chi connectivity index (χ4n) is 5.19. The lowest BCUT2D eigenvalue weighted by atomic mass is 9.86. The number of benzene rings is 3. The topological polar surface area (TPSA) is 113 Å². The molecule has 3 N–H and O–H groups in total. The summed E-state index contributed by atoms with van der Waals surface area (Å²) in [6, 6.07) is 22.4. The van der Waals surface area contributed by atoms with E-state index in [0.717, 1.165) is 12.5 Å². The van der Waals surface area contributed by atoms with Gasteiger partial charge in [-0.3, -0.25) is 9.59 Å². The smallest absolute Gasteiger partial charge is 0.200 e. The SMILES string of the molecule is CCCCCCCCCCCCOc1ccc(C(=O)c2ccccc2)c(O)c1.COC1=CC(O)(O)C(C(=O)c2ccccc2)C=C1. The number of carbonyl (C=O) groups excluding carboxylic acids is 2. The zero-order valence-corrected chi connectivity index (χ0v) is 27.1. The van der Waals surface area contributed by atoms with Gasteiger partial charge in [0.05, 0.1) is 25.2 Å². The maximum absolute atomic E-state index is 12.4. The molecule has 0 radical (unpaired) electrons. The number of phenols is 1. The molecule has 1 unspecified atom stereocenters. The molecule has 7 nitrogen and oxygen atoms in total. The van der Waals surface area contributed by atoms with E-state index in [1.165, 1.54) is 77.0 Å². The summed E-state index contributed by atoms with van der Waals surface area (Å²) in [7, 11) is 1.42. The minimum absolute atomic E-state index is 0.0329. The molecule has 1 aliphatic carbocycles. The Morgan fingerprint density at radius 2 is 1.33 bits per heavy atom. The third-order valence-electron chi connectivity index (χ3n) is 7.86. The number of unbranched alkanes of at least 4 members (excludes halogenated alkanes) is 9. The van der Waals surface area contributed by atoms with Gasteiger partial charge in [0.15, 0.2) is 11.6 Å². The van der Waals surface area contributed by atoms with Crippen molar-refractivity contribution < 1.29 is 34.4 Å². The van der Waals surface area contributed by atoms with Crippen LogP contribution in [0.2, 0.25) is 0 Å². The van der Waals surface area contributed by atoms with Crippen molar-refractivity contribution in [2.75, 3.05) is 13.7 Å². The molecule has 0 aliphatic heterocycles. The number of aromatic hydroxyl groups is 1. The summed E-state index contributed by atoms with van der Waals surface area (Å²) in [5.41, 5.74) is 1.31. The highest BCUT2D eigenvalue weighted by molar-refractivity contribution is 6.10. The minimum Gasteiger partial charge on any atom is -0.507 e. The average molecular weight is 629 g/mol. The highest BCUT2D eigenvalue weighted by Crippen LogP contribution is 2.29. The molecule has 46 heavy (non-hydrogen) atoms. The predicted octanol–water partition coefficient (Wildman–Crippen LogP) is 8.19. The van der Waals surface area contributed by atoms with Gasteiger partial charge in [-0.1, -0.05) is 131 Å². The van der Waals surface area contributed by atoms with Gasteiger partial charge in [0.25, 0.3) is 0 Å². The highest BCUT2D eigenvalue weighted by atomic mass is 16.5. The molecule has 0 saturated carbocycles. The Morgan fingerprint density at radius 1 is 0.761 bits per heavy atom. The monoisotopic (exact) mass is 628 g/mol. The molecule has 0 amide bonds. The molecule has 3 aromatic rings. The van der Waals surface area contributed by atoms with Crippen LogP contribution in [-0.2, 0) is 4.74 Å². The van der Waals surface area contributed by atoms with Gasteiger partial charge in [-0.25, -0.2) is 0 Å². The van der Waals surface area contributed by atoms with Crippen LogP contribution < -0.4 is 4.74 Å². The van der Waals surface area contributed by atoms with Crippen LogP contribution >= 0.6 is 0 Å². The number of Topliss-reactive ketones (excluding diaryl/α,β-unsaturated/α-hetero) is 1. The van der Waals surface area contributed by atoms with E-state index in [9.17, 15) is 24.9 Å². The molecular weight excluding hydrogens is 580 g/mol. The first-order valence-electron chi connectivity index (χ1n) is 16.3. The molecular formula is C39H48O7. The lowest BCUT2D eigenvalue weighted by Crippen LogP contribution is -2.41. The largest absolute Gasteiger partial charge is 0.507 e. The third-order valence-corrected chi connectivity index (χ3v) is 7.86. The van der Waals surface area contributed by atoms with E-state index in [0.29, 0.717) is 34.8 Å². The van der Waals surface area contributed by atoms with Crippen molar-refractivity contribution in [3.05, 3.63) is 120 Å². The van der Waals surface area contributed by atoms with Crippen molar-refractivity contribution >= 4 is 11.6 Å². The van der Waals surface area contributed by atoms with Gasteiger partial charge in [0.1, 0.15) is 17.3 Å². The van der Waals surface area contributed by atoms with Crippen LogP contribution in [0.5, 0.6) is 11.5 Å². The van der Waals surface area contributed by atoms with E-state index in [-0.39, 0.29) is 17.3 Å². The maximum Gasteiger partial charge on any atom is 0.200 e. The molecule has 1 aliphatic rings. The Labute approximate surface area is 273 Å². The van der Waals surface area contributed by atoms with Crippen molar-refractivity contribution in [3.63, 3.8) is 0 Å². The first-order valence-corrected chi connectivity index (χ1v) is 16.3. The first kappa shape index (κ1) is 36.3. The number of aliphatic hydroxyl groups is 2. The molecule has 0 heterocycles. The Morgan fingerprint density at radius 3 is 1.87 bits per heavy atom. The van der Waals surface area contributed by atoms with E-state index < -0.39 is 11.7 Å². The number of ketones is 2. The Balaban J connectivity index is 0.000000275. The second-order valence-electron chi connectivity index (χ2n) is 11.5. The van der Waals surface area contributed by atoms with Crippen LogP contribution in [0, 0.1) is 5.92 Å². The summed E-state index contributed by atoms with van der Waals surface area (Å²) in [5.74, 6) is -2.89. The molecule has 246 valence electrons. The number of methoxy groups -OCH3 is 1. The summed E-state index contributed by atoms with van der Waals surface area (Å²) in [6.45, 7) is 2.89. The number of ether oxygens (including phenoxy) is 2. The third kappa shape index (κ3) is 11.6. The van der Waals surface area contributed by atoms with Gasteiger partial charge in [-0.05, 0) is 24.6 Å². The second kappa shape index (κ2) is 19.3. The van der Waals surface area contributed by atoms with Gasteiger partial charge >= 0.3 is 0 Å². The minimum atomic E-state index is -2.23. The van der Waals surface area contributed by atoms with Gasteiger partial charge in [-0.2, -0.15) is 0 Å². The normalized spacial score (nSPS) is 14.9. The van der Waals surface area contributed by atoms with E-state index in [4.69, 9.17) is 9.47 Å². The average Bonchev–Trinajstić information content (AvgIpc) is 3.07. The number of phenolic OH excluding ortho intramolecular Hbond substituents is 1. The lowest BCUT2D eigenvalue weighted by Gasteiger charge is -2.28. The molecule has 0 saturated heterocycles. The van der Waals surface area contributed by atoms with E-state index in [1.54, 1.807) is 60.7 Å². The van der Waals surface area contributed by atoms with Crippen molar-refractivity contribution in [1.82, 2.24) is 0 Å². The summed E-state index contributed by atoms with van der Waals surface area (Å²) >= 11 is 0. The molecule has 0 fully saturated rings. The molecule has 7 heteroatoms. The quantitative estimate of drug-likeness (QED) is 0.0785. The number of carbonyl (C=O) groups is 2. The molecule has 0 spiro atoms. The molecule has 0 bridgehead atoms. The van der Waals surface area contributed by atoms with Crippen molar-refractivity contribution in [3.8, 4) is 11.5 Å². The Kier molecular flexibility index (Phi) is 15.3. The number of hydrogen-bond acceptors (Lipinski definition) is 7. The summed E-state index contributed by atoms with van der Waals surface area (Å²) in [4.78, 5) is 24.6. The fourth-order valence-corrected chi connectivity index (χ4v) is 5.19. The zero-order valence-electron chi connectivity index (χ0n) is 27.1. The van der Waals surface area contributed by atoms with Crippen LogP contribution in [-0.4, -0.2) is 46.4 Å². The number of rotatable bonds is 17. The number of allylic oxidation sites excluding steroid dienone is 1. The van der Waals surface area contributed by atoms with Gasteiger partial charge in [0.2, 0.25) is 5.79 Å². The Bertz CT molecular complexity index is 1410.